The zero-order chi connectivity index (χ0) is 23.6. The Morgan fingerprint density at radius 1 is 1.06 bits per heavy atom. The van der Waals surface area contributed by atoms with E-state index in [1.165, 1.54) is 12.1 Å². The number of carbonyl (C=O) groups excluding carboxylic acids is 1. The van der Waals surface area contributed by atoms with Gasteiger partial charge in [0.25, 0.3) is 15.9 Å². The first-order valence-electron chi connectivity index (χ1n) is 9.03. The molecule has 1 atom stereocenters. The number of carboxylic acids is 1. The van der Waals surface area contributed by atoms with Crippen molar-refractivity contribution in [2.75, 3.05) is 11.3 Å². The van der Waals surface area contributed by atoms with Gasteiger partial charge in [-0.25, -0.2) is 22.0 Å². The molecule has 11 heteroatoms. The summed E-state index contributed by atoms with van der Waals surface area (Å²) in [6.45, 7) is 5.22. The van der Waals surface area contributed by atoms with Crippen molar-refractivity contribution in [1.29, 1.82) is 0 Å². The Hall–Kier alpha value is -3.05. The van der Waals surface area contributed by atoms with Crippen LogP contribution in [0.15, 0.2) is 41.3 Å². The van der Waals surface area contributed by atoms with Gasteiger partial charge in [-0.3, -0.25) is 9.52 Å². The third-order valence-electron chi connectivity index (χ3n) is 4.49. The average Bonchev–Trinajstić information content (AvgIpc) is 2.67. The Morgan fingerprint density at radius 3 is 2.13 bits per heavy atom. The largest absolute Gasteiger partial charge is 0.478 e. The zero-order valence-corrected chi connectivity index (χ0v) is 17.8. The van der Waals surface area contributed by atoms with Gasteiger partial charge in [0.1, 0.15) is 11.6 Å². The maximum absolute atomic E-state index is 14.0. The Balaban J connectivity index is 2.23. The van der Waals surface area contributed by atoms with E-state index in [1.807, 2.05) is 25.5 Å². The van der Waals surface area contributed by atoms with E-state index < -0.39 is 56.2 Å². The van der Waals surface area contributed by atoms with Gasteiger partial charge in [0.15, 0.2) is 0 Å². The highest BCUT2D eigenvalue weighted by molar-refractivity contribution is 7.92. The van der Waals surface area contributed by atoms with Crippen LogP contribution >= 0.6 is 0 Å². The van der Waals surface area contributed by atoms with Crippen LogP contribution in [0.3, 0.4) is 0 Å². The van der Waals surface area contributed by atoms with Crippen molar-refractivity contribution in [2.45, 2.75) is 31.7 Å². The maximum Gasteiger partial charge on any atom is 0.338 e. The zero-order valence-electron chi connectivity index (χ0n) is 16.9. The van der Waals surface area contributed by atoms with Gasteiger partial charge in [-0.15, -0.1) is 0 Å². The van der Waals surface area contributed by atoms with E-state index in [-0.39, 0.29) is 17.1 Å². The summed E-state index contributed by atoms with van der Waals surface area (Å²) in [5.41, 5.74) is -1.98. The number of aromatic carboxylic acids is 1. The van der Waals surface area contributed by atoms with E-state index in [0.717, 1.165) is 12.1 Å². The standard InChI is InChI=1S/C20H22F2N2O6S/c1-20(2,3)17(10-25)23-18(26)11-4-6-12(7-5-11)31(29,30)24-16-9-14(21)13(19(27)28)8-15(16)22/h4-9,17,24-25H,10H2,1-3H3,(H,23,26)(H,27,28)/t17-/m1/s1. The van der Waals surface area contributed by atoms with Gasteiger partial charge >= 0.3 is 5.97 Å². The summed E-state index contributed by atoms with van der Waals surface area (Å²) in [6.07, 6.45) is 0. The molecule has 0 fully saturated rings. The van der Waals surface area contributed by atoms with E-state index in [4.69, 9.17) is 5.11 Å². The summed E-state index contributed by atoms with van der Waals surface area (Å²) in [6, 6.07) is 4.92. The number of hydrogen-bond acceptors (Lipinski definition) is 5. The monoisotopic (exact) mass is 456 g/mol. The number of rotatable bonds is 7. The topological polar surface area (TPSA) is 133 Å². The van der Waals surface area contributed by atoms with Crippen LogP contribution in [0.5, 0.6) is 0 Å². The van der Waals surface area contributed by atoms with Crippen LogP contribution in [0.2, 0.25) is 0 Å². The lowest BCUT2D eigenvalue weighted by Gasteiger charge is -2.29. The predicted molar refractivity (Wildman–Crippen MR) is 108 cm³/mol. The summed E-state index contributed by atoms with van der Waals surface area (Å²) < 4.78 is 54.6. The molecule has 2 aromatic rings. The number of benzene rings is 2. The number of aliphatic hydroxyl groups is 1. The normalized spacial score (nSPS) is 12.8. The molecule has 4 N–H and O–H groups in total. The van der Waals surface area contributed by atoms with Crippen molar-refractivity contribution < 1.29 is 37.0 Å². The quantitative estimate of drug-likeness (QED) is 0.506. The molecule has 0 aliphatic heterocycles. The SMILES string of the molecule is CC(C)(C)[C@@H](CO)NC(=O)c1ccc(S(=O)(=O)Nc2cc(F)c(C(=O)O)cc2F)cc1. The van der Waals surface area contributed by atoms with Crippen molar-refractivity contribution in [3.8, 4) is 0 Å². The molecule has 2 aromatic carbocycles. The minimum absolute atomic E-state index is 0.129. The summed E-state index contributed by atoms with van der Waals surface area (Å²) in [4.78, 5) is 22.9. The summed E-state index contributed by atoms with van der Waals surface area (Å²) in [5, 5.41) is 20.9. The number of halogens is 2. The molecule has 0 radical (unpaired) electrons. The highest BCUT2D eigenvalue weighted by Gasteiger charge is 2.26. The van der Waals surface area contributed by atoms with E-state index in [1.54, 1.807) is 0 Å². The number of nitrogens with one attached hydrogen (secondary N) is 2. The number of hydrogen-bond donors (Lipinski definition) is 4. The van der Waals surface area contributed by atoms with Gasteiger partial charge in [0.05, 0.1) is 28.8 Å². The first-order valence-corrected chi connectivity index (χ1v) is 10.5. The molecule has 0 aromatic heterocycles. The Labute approximate surface area is 178 Å². The van der Waals surface area contributed by atoms with Gasteiger partial charge in [0, 0.05) is 11.6 Å². The van der Waals surface area contributed by atoms with Crippen molar-refractivity contribution in [1.82, 2.24) is 5.32 Å². The first kappa shape index (κ1) is 24.2. The lowest BCUT2D eigenvalue weighted by molar-refractivity contribution is 0.0691. The number of anilines is 1. The third kappa shape index (κ3) is 5.76. The average molecular weight is 456 g/mol. The van der Waals surface area contributed by atoms with Crippen LogP contribution in [0.4, 0.5) is 14.5 Å². The van der Waals surface area contributed by atoms with Crippen LogP contribution in [0.1, 0.15) is 41.5 Å². The predicted octanol–water partition coefficient (Wildman–Crippen LogP) is 2.60. The lowest BCUT2D eigenvalue weighted by atomic mass is 9.87. The maximum atomic E-state index is 14.0. The molecule has 0 saturated carbocycles. The fraction of sp³-hybridized carbons (Fsp3) is 0.300. The highest BCUT2D eigenvalue weighted by Crippen LogP contribution is 2.23. The van der Waals surface area contributed by atoms with E-state index in [0.29, 0.717) is 12.1 Å². The third-order valence-corrected chi connectivity index (χ3v) is 5.87. The number of aliphatic hydroxyl groups excluding tert-OH is 1. The lowest BCUT2D eigenvalue weighted by Crippen LogP contribution is -2.46. The van der Waals surface area contributed by atoms with Crippen molar-refractivity contribution >= 4 is 27.6 Å². The second-order valence-corrected chi connectivity index (χ2v) is 9.50. The van der Waals surface area contributed by atoms with Crippen LogP contribution < -0.4 is 10.0 Å². The molecule has 0 bridgehead atoms. The van der Waals surface area contributed by atoms with Crippen LogP contribution in [-0.4, -0.2) is 43.2 Å². The Morgan fingerprint density at radius 2 is 1.65 bits per heavy atom. The molecule has 1 amide bonds. The van der Waals surface area contributed by atoms with Gasteiger partial charge in [0.2, 0.25) is 0 Å². The molecule has 0 saturated heterocycles. The Bertz CT molecular complexity index is 1100. The van der Waals surface area contributed by atoms with Crippen LogP contribution in [0.25, 0.3) is 0 Å². The van der Waals surface area contributed by atoms with Crippen LogP contribution in [0, 0.1) is 17.0 Å². The molecule has 8 nitrogen and oxygen atoms in total. The van der Waals surface area contributed by atoms with Gasteiger partial charge in [-0.2, -0.15) is 0 Å². The first-order chi connectivity index (χ1) is 14.3. The van der Waals surface area contributed by atoms with Crippen LogP contribution in [-0.2, 0) is 10.0 Å². The fourth-order valence-corrected chi connectivity index (χ4v) is 3.61. The molecule has 31 heavy (non-hydrogen) atoms. The molecule has 0 aliphatic carbocycles. The van der Waals surface area contributed by atoms with Crippen molar-refractivity contribution in [3.63, 3.8) is 0 Å². The molecule has 0 aliphatic rings. The van der Waals surface area contributed by atoms with Gasteiger partial charge < -0.3 is 15.5 Å². The van der Waals surface area contributed by atoms with Crippen molar-refractivity contribution in [3.05, 3.63) is 59.2 Å². The second kappa shape index (κ2) is 8.98. The smallest absolute Gasteiger partial charge is 0.338 e. The molecule has 0 heterocycles. The van der Waals surface area contributed by atoms with Gasteiger partial charge in [-0.1, -0.05) is 20.8 Å². The molecular formula is C20H22F2N2O6S. The summed E-state index contributed by atoms with van der Waals surface area (Å²) in [7, 11) is -4.35. The molecular weight excluding hydrogens is 434 g/mol. The van der Waals surface area contributed by atoms with Gasteiger partial charge in [-0.05, 0) is 35.7 Å². The number of carbonyl (C=O) groups is 2. The molecule has 2 rings (SSSR count). The van der Waals surface area contributed by atoms with E-state index in [2.05, 4.69) is 5.32 Å². The van der Waals surface area contributed by atoms with E-state index >= 15 is 0 Å². The molecule has 0 spiro atoms. The Kier molecular flexibility index (Phi) is 7.02. The number of amides is 1. The number of carboxylic acid groups (broad SMARTS) is 1. The minimum Gasteiger partial charge on any atom is -0.478 e. The molecule has 0 unspecified atom stereocenters. The van der Waals surface area contributed by atoms with Crippen molar-refractivity contribution in [2.24, 2.45) is 5.41 Å². The summed E-state index contributed by atoms with van der Waals surface area (Å²) in [5.74, 6) is -4.80. The minimum atomic E-state index is -4.35. The molecule has 168 valence electrons. The second-order valence-electron chi connectivity index (χ2n) is 7.82. The number of sulfonamides is 1. The summed E-state index contributed by atoms with van der Waals surface area (Å²) >= 11 is 0. The fourth-order valence-electron chi connectivity index (χ4n) is 2.56. The highest BCUT2D eigenvalue weighted by atomic mass is 32.2. The van der Waals surface area contributed by atoms with E-state index in [9.17, 15) is 31.9 Å².